The van der Waals surface area contributed by atoms with Crippen LogP contribution in [0.1, 0.15) is 35.6 Å². The lowest BCUT2D eigenvalue weighted by atomic mass is 9.98. The van der Waals surface area contributed by atoms with Crippen LogP contribution in [0.4, 0.5) is 22.4 Å². The highest BCUT2D eigenvalue weighted by atomic mass is 19.4. The molecule has 2 aromatic rings. The van der Waals surface area contributed by atoms with E-state index in [0.717, 1.165) is 6.07 Å². The van der Waals surface area contributed by atoms with Crippen LogP contribution in [0, 0.1) is 5.82 Å². The second kappa shape index (κ2) is 7.35. The maximum atomic E-state index is 13.3. The summed E-state index contributed by atoms with van der Waals surface area (Å²) >= 11 is 0. The van der Waals surface area contributed by atoms with Gasteiger partial charge in [-0.25, -0.2) is 9.18 Å². The summed E-state index contributed by atoms with van der Waals surface area (Å²) in [7, 11) is 0. The Morgan fingerprint density at radius 3 is 2.50 bits per heavy atom. The highest BCUT2D eigenvalue weighted by Gasteiger charge is 2.38. The molecule has 1 atom stereocenters. The minimum absolute atomic E-state index is 0.120. The van der Waals surface area contributed by atoms with E-state index >= 15 is 0 Å². The molecule has 3 rings (SSSR count). The Labute approximate surface area is 148 Å². The van der Waals surface area contributed by atoms with Gasteiger partial charge in [-0.2, -0.15) is 13.2 Å². The van der Waals surface area contributed by atoms with Gasteiger partial charge < -0.3 is 10.2 Å². The zero-order chi connectivity index (χ0) is 18.7. The third kappa shape index (κ3) is 3.98. The first kappa shape index (κ1) is 18.2. The van der Waals surface area contributed by atoms with Crippen molar-refractivity contribution in [2.75, 3.05) is 6.54 Å². The van der Waals surface area contributed by atoms with Crippen molar-refractivity contribution in [1.82, 2.24) is 10.2 Å². The first-order valence-corrected chi connectivity index (χ1v) is 8.31. The standard InChI is InChI=1S/C19H18F4N2O/c20-14-9-7-13(8-10-14)12-24-18(26)25-11-3-6-17(25)15-4-1-2-5-16(15)19(21,22)23/h1-2,4-5,7-10,17H,3,6,11-12H2,(H,24,26). The van der Waals surface area contributed by atoms with Gasteiger partial charge in [-0.05, 0) is 42.2 Å². The van der Waals surface area contributed by atoms with Gasteiger partial charge in [-0.1, -0.05) is 30.3 Å². The Hall–Kier alpha value is -2.57. The third-order valence-electron chi connectivity index (χ3n) is 4.50. The third-order valence-corrected chi connectivity index (χ3v) is 4.50. The Morgan fingerprint density at radius 2 is 1.81 bits per heavy atom. The molecule has 2 amide bonds. The number of hydrogen-bond acceptors (Lipinski definition) is 1. The van der Waals surface area contributed by atoms with Crippen LogP contribution in [0.15, 0.2) is 48.5 Å². The number of urea groups is 1. The molecule has 26 heavy (non-hydrogen) atoms. The average Bonchev–Trinajstić information content (AvgIpc) is 3.10. The predicted molar refractivity (Wildman–Crippen MR) is 88.8 cm³/mol. The van der Waals surface area contributed by atoms with E-state index < -0.39 is 23.8 Å². The van der Waals surface area contributed by atoms with Crippen molar-refractivity contribution in [2.24, 2.45) is 0 Å². The normalized spacial score (nSPS) is 17.4. The Morgan fingerprint density at radius 1 is 1.12 bits per heavy atom. The number of hydrogen-bond donors (Lipinski definition) is 1. The van der Waals surface area contributed by atoms with Crippen LogP contribution in [0.3, 0.4) is 0 Å². The van der Waals surface area contributed by atoms with Gasteiger partial charge in [0.1, 0.15) is 5.82 Å². The summed E-state index contributed by atoms with van der Waals surface area (Å²) < 4.78 is 52.8. The quantitative estimate of drug-likeness (QED) is 0.771. The van der Waals surface area contributed by atoms with E-state index in [1.54, 1.807) is 18.2 Å². The number of rotatable bonds is 3. The molecule has 1 N–H and O–H groups in total. The Bertz CT molecular complexity index is 774. The molecule has 1 saturated heterocycles. The molecule has 0 saturated carbocycles. The minimum Gasteiger partial charge on any atom is -0.334 e. The lowest BCUT2D eigenvalue weighted by Gasteiger charge is -2.27. The highest BCUT2D eigenvalue weighted by molar-refractivity contribution is 5.75. The maximum absolute atomic E-state index is 13.3. The SMILES string of the molecule is O=C(NCc1ccc(F)cc1)N1CCCC1c1ccccc1C(F)(F)F. The molecule has 2 aromatic carbocycles. The van der Waals surface area contributed by atoms with Crippen molar-refractivity contribution in [1.29, 1.82) is 0 Å². The molecular formula is C19H18F4N2O. The smallest absolute Gasteiger partial charge is 0.334 e. The van der Waals surface area contributed by atoms with Gasteiger partial charge in [0.2, 0.25) is 0 Å². The second-order valence-electron chi connectivity index (χ2n) is 6.22. The Kier molecular flexibility index (Phi) is 5.15. The molecule has 0 spiro atoms. The van der Waals surface area contributed by atoms with Crippen LogP contribution < -0.4 is 5.32 Å². The van der Waals surface area contributed by atoms with E-state index in [1.165, 1.54) is 29.2 Å². The van der Waals surface area contributed by atoms with E-state index in [0.29, 0.717) is 24.9 Å². The second-order valence-corrected chi connectivity index (χ2v) is 6.22. The van der Waals surface area contributed by atoms with Crippen LogP contribution in [0.2, 0.25) is 0 Å². The summed E-state index contributed by atoms with van der Waals surface area (Å²) in [5, 5.41) is 2.70. The molecule has 1 fully saturated rings. The lowest BCUT2D eigenvalue weighted by molar-refractivity contribution is -0.138. The van der Waals surface area contributed by atoms with Crippen LogP contribution in [0.5, 0.6) is 0 Å². The molecule has 0 radical (unpaired) electrons. The summed E-state index contributed by atoms with van der Waals surface area (Å²) in [6.45, 7) is 0.579. The maximum Gasteiger partial charge on any atom is 0.416 e. The van der Waals surface area contributed by atoms with Crippen molar-refractivity contribution in [3.8, 4) is 0 Å². The number of carbonyl (C=O) groups excluding carboxylic acids is 1. The first-order chi connectivity index (χ1) is 12.4. The molecule has 0 aromatic heterocycles. The zero-order valence-corrected chi connectivity index (χ0v) is 13.9. The van der Waals surface area contributed by atoms with E-state index in [1.807, 2.05) is 0 Å². The molecule has 0 aliphatic carbocycles. The van der Waals surface area contributed by atoms with Gasteiger partial charge in [-0.15, -0.1) is 0 Å². The summed E-state index contributed by atoms with van der Waals surface area (Å²) in [6.07, 6.45) is -3.34. The predicted octanol–water partition coefficient (Wildman–Crippen LogP) is 4.89. The van der Waals surface area contributed by atoms with Gasteiger partial charge in [0.25, 0.3) is 0 Å². The summed E-state index contributed by atoms with van der Waals surface area (Å²) in [5.74, 6) is -0.372. The molecule has 1 aliphatic heterocycles. The average molecular weight is 366 g/mol. The summed E-state index contributed by atoms with van der Waals surface area (Å²) in [4.78, 5) is 13.9. The largest absolute Gasteiger partial charge is 0.416 e. The van der Waals surface area contributed by atoms with E-state index in [4.69, 9.17) is 0 Å². The van der Waals surface area contributed by atoms with Crippen LogP contribution in [-0.4, -0.2) is 17.5 Å². The molecule has 1 aliphatic rings. The number of likely N-dealkylation sites (tertiary alicyclic amines) is 1. The summed E-state index contributed by atoms with van der Waals surface area (Å²) in [5.41, 5.74) is 0.129. The number of benzene rings is 2. The van der Waals surface area contributed by atoms with Gasteiger partial charge in [0, 0.05) is 13.1 Å². The molecule has 0 bridgehead atoms. The van der Waals surface area contributed by atoms with Gasteiger partial charge in [0.05, 0.1) is 11.6 Å². The zero-order valence-electron chi connectivity index (χ0n) is 13.9. The number of alkyl halides is 3. The number of carbonyl (C=O) groups is 1. The Balaban J connectivity index is 1.74. The number of nitrogens with zero attached hydrogens (tertiary/aromatic N) is 1. The van der Waals surface area contributed by atoms with Crippen molar-refractivity contribution in [3.05, 3.63) is 71.0 Å². The van der Waals surface area contributed by atoms with E-state index in [2.05, 4.69) is 5.32 Å². The van der Waals surface area contributed by atoms with Crippen LogP contribution in [0.25, 0.3) is 0 Å². The minimum atomic E-state index is -4.46. The van der Waals surface area contributed by atoms with Gasteiger partial charge in [-0.3, -0.25) is 0 Å². The fourth-order valence-electron chi connectivity index (χ4n) is 3.26. The molecular weight excluding hydrogens is 348 g/mol. The monoisotopic (exact) mass is 366 g/mol. The number of amides is 2. The summed E-state index contributed by atoms with van der Waals surface area (Å²) in [6, 6.07) is 10.0. The van der Waals surface area contributed by atoms with Gasteiger partial charge >= 0.3 is 12.2 Å². The van der Waals surface area contributed by atoms with E-state index in [-0.39, 0.29) is 17.9 Å². The van der Waals surface area contributed by atoms with E-state index in [9.17, 15) is 22.4 Å². The molecule has 3 nitrogen and oxygen atoms in total. The van der Waals surface area contributed by atoms with Crippen molar-refractivity contribution < 1.29 is 22.4 Å². The molecule has 7 heteroatoms. The van der Waals surface area contributed by atoms with Crippen LogP contribution in [-0.2, 0) is 12.7 Å². The van der Waals surface area contributed by atoms with Crippen molar-refractivity contribution in [2.45, 2.75) is 31.6 Å². The first-order valence-electron chi connectivity index (χ1n) is 8.31. The molecule has 138 valence electrons. The number of nitrogens with one attached hydrogen (secondary N) is 1. The van der Waals surface area contributed by atoms with Crippen LogP contribution >= 0.6 is 0 Å². The van der Waals surface area contributed by atoms with Crippen molar-refractivity contribution >= 4 is 6.03 Å². The van der Waals surface area contributed by atoms with Crippen molar-refractivity contribution in [3.63, 3.8) is 0 Å². The topological polar surface area (TPSA) is 32.3 Å². The highest BCUT2D eigenvalue weighted by Crippen LogP contribution is 2.40. The lowest BCUT2D eigenvalue weighted by Crippen LogP contribution is -2.39. The van der Waals surface area contributed by atoms with Gasteiger partial charge in [0.15, 0.2) is 0 Å². The molecule has 1 unspecified atom stereocenters. The number of halogens is 4. The fourth-order valence-corrected chi connectivity index (χ4v) is 3.26. The fraction of sp³-hybridized carbons (Fsp3) is 0.316. The molecule has 1 heterocycles.